The topological polar surface area (TPSA) is 37.8 Å². The summed E-state index contributed by atoms with van der Waals surface area (Å²) in [6, 6.07) is 10.6. The molecule has 4 rings (SSSR count). The molecule has 1 aliphatic carbocycles. The summed E-state index contributed by atoms with van der Waals surface area (Å²) in [5, 5.41) is 4.67. The molecule has 1 heterocycles. The van der Waals surface area contributed by atoms with E-state index in [1.165, 1.54) is 11.1 Å². The van der Waals surface area contributed by atoms with E-state index in [1.54, 1.807) is 6.07 Å². The van der Waals surface area contributed by atoms with Gasteiger partial charge in [0.1, 0.15) is 11.0 Å². The Morgan fingerprint density at radius 1 is 1.00 bits per heavy atom. The molecule has 0 radical (unpaired) electrons. The van der Waals surface area contributed by atoms with E-state index in [9.17, 15) is 0 Å². The second-order valence-electron chi connectivity index (χ2n) is 5.19. The van der Waals surface area contributed by atoms with Crippen LogP contribution in [-0.4, -0.2) is 14.8 Å². The van der Waals surface area contributed by atoms with Crippen LogP contribution in [0.2, 0.25) is 10.0 Å². The van der Waals surface area contributed by atoms with Gasteiger partial charge < -0.3 is 5.32 Å². The van der Waals surface area contributed by atoms with Gasteiger partial charge in [0.2, 0.25) is 0 Å². The summed E-state index contributed by atoms with van der Waals surface area (Å²) in [5.41, 5.74) is 5.10. The van der Waals surface area contributed by atoms with E-state index in [0.717, 1.165) is 35.8 Å². The SMILES string of the molecule is Clc1cc(Cl)c2nsnc2c1NC1Cc2ccccc2C1. The van der Waals surface area contributed by atoms with E-state index in [1.807, 2.05) is 0 Å². The maximum atomic E-state index is 6.35. The zero-order valence-corrected chi connectivity index (χ0v) is 13.3. The number of aromatic nitrogens is 2. The molecule has 2 aromatic carbocycles. The average Bonchev–Trinajstić information content (AvgIpc) is 3.09. The molecule has 0 saturated carbocycles. The summed E-state index contributed by atoms with van der Waals surface area (Å²) in [5.74, 6) is 0. The minimum Gasteiger partial charge on any atom is -0.379 e. The normalized spacial score (nSPS) is 14.6. The third-order valence-electron chi connectivity index (χ3n) is 3.84. The molecular weight excluding hydrogens is 325 g/mol. The molecule has 21 heavy (non-hydrogen) atoms. The summed E-state index contributed by atoms with van der Waals surface area (Å²) < 4.78 is 8.56. The van der Waals surface area contributed by atoms with Crippen LogP contribution in [0, 0.1) is 0 Å². The minimum atomic E-state index is 0.325. The second-order valence-corrected chi connectivity index (χ2v) is 6.54. The number of anilines is 1. The van der Waals surface area contributed by atoms with Crippen LogP contribution in [0.25, 0.3) is 11.0 Å². The molecule has 6 heteroatoms. The zero-order valence-electron chi connectivity index (χ0n) is 10.9. The fraction of sp³-hybridized carbons (Fsp3) is 0.200. The van der Waals surface area contributed by atoms with Crippen LogP contribution in [0.4, 0.5) is 5.69 Å². The Morgan fingerprint density at radius 2 is 1.67 bits per heavy atom. The van der Waals surface area contributed by atoms with Gasteiger partial charge in [0.15, 0.2) is 0 Å². The van der Waals surface area contributed by atoms with Crippen molar-refractivity contribution in [3.63, 3.8) is 0 Å². The molecule has 0 bridgehead atoms. The third-order valence-corrected chi connectivity index (χ3v) is 4.96. The van der Waals surface area contributed by atoms with Crippen LogP contribution in [0.1, 0.15) is 11.1 Å². The highest BCUT2D eigenvalue weighted by Crippen LogP contribution is 2.36. The predicted molar refractivity (Wildman–Crippen MR) is 88.7 cm³/mol. The lowest BCUT2D eigenvalue weighted by molar-refractivity contribution is 0.775. The predicted octanol–water partition coefficient (Wildman–Crippen LogP) is 4.58. The standard InChI is InChI=1S/C15H11Cl2N3S/c16-11-7-12(17)14-15(20-21-19-14)13(11)18-10-5-8-3-1-2-4-9(8)6-10/h1-4,7,10,18H,5-6H2. The third kappa shape index (κ3) is 2.27. The maximum absolute atomic E-state index is 6.35. The highest BCUT2D eigenvalue weighted by atomic mass is 35.5. The van der Waals surface area contributed by atoms with Crippen LogP contribution < -0.4 is 5.32 Å². The molecule has 3 nitrogen and oxygen atoms in total. The Morgan fingerprint density at radius 3 is 2.38 bits per heavy atom. The Kier molecular flexibility index (Phi) is 3.25. The molecule has 0 atom stereocenters. The number of nitrogens with zero attached hydrogens (tertiary/aromatic N) is 2. The zero-order chi connectivity index (χ0) is 14.4. The van der Waals surface area contributed by atoms with Gasteiger partial charge in [-0.3, -0.25) is 0 Å². The molecular formula is C15H11Cl2N3S. The van der Waals surface area contributed by atoms with E-state index >= 15 is 0 Å². The van der Waals surface area contributed by atoms with Crippen molar-refractivity contribution in [2.24, 2.45) is 0 Å². The van der Waals surface area contributed by atoms with Gasteiger partial charge in [-0.15, -0.1) is 0 Å². The largest absolute Gasteiger partial charge is 0.379 e. The van der Waals surface area contributed by atoms with E-state index in [2.05, 4.69) is 38.3 Å². The highest BCUT2D eigenvalue weighted by molar-refractivity contribution is 7.00. The summed E-state index contributed by atoms with van der Waals surface area (Å²) in [4.78, 5) is 0. The molecule has 3 aromatic rings. The summed E-state index contributed by atoms with van der Waals surface area (Å²) in [6.45, 7) is 0. The van der Waals surface area contributed by atoms with Crippen molar-refractivity contribution in [2.45, 2.75) is 18.9 Å². The first kappa shape index (κ1) is 13.3. The second kappa shape index (κ2) is 5.13. The molecule has 0 aliphatic heterocycles. The first-order chi connectivity index (χ1) is 10.2. The Bertz CT molecular complexity index is 806. The van der Waals surface area contributed by atoms with Gasteiger partial charge in [-0.25, -0.2) is 0 Å². The van der Waals surface area contributed by atoms with Crippen LogP contribution in [0.15, 0.2) is 30.3 Å². The Labute approximate surface area is 136 Å². The van der Waals surface area contributed by atoms with Crippen molar-refractivity contribution in [3.8, 4) is 0 Å². The fourth-order valence-electron chi connectivity index (χ4n) is 2.88. The first-order valence-electron chi connectivity index (χ1n) is 6.66. The quantitative estimate of drug-likeness (QED) is 0.744. The van der Waals surface area contributed by atoms with Crippen molar-refractivity contribution in [1.82, 2.24) is 8.75 Å². The van der Waals surface area contributed by atoms with Crippen molar-refractivity contribution >= 4 is 51.7 Å². The molecule has 0 unspecified atom stereocenters. The lowest BCUT2D eigenvalue weighted by Gasteiger charge is -2.15. The lowest BCUT2D eigenvalue weighted by atomic mass is 10.1. The van der Waals surface area contributed by atoms with Crippen LogP contribution >= 0.6 is 34.9 Å². The van der Waals surface area contributed by atoms with Crippen LogP contribution in [0.5, 0.6) is 0 Å². The van der Waals surface area contributed by atoms with Gasteiger partial charge >= 0.3 is 0 Å². The molecule has 1 aliphatic rings. The lowest BCUT2D eigenvalue weighted by Crippen LogP contribution is -2.20. The van der Waals surface area contributed by atoms with Gasteiger partial charge in [0, 0.05) is 6.04 Å². The van der Waals surface area contributed by atoms with Gasteiger partial charge in [-0.05, 0) is 30.0 Å². The molecule has 0 amide bonds. The number of benzene rings is 2. The highest BCUT2D eigenvalue weighted by Gasteiger charge is 2.23. The van der Waals surface area contributed by atoms with E-state index in [0.29, 0.717) is 21.6 Å². The molecule has 106 valence electrons. The van der Waals surface area contributed by atoms with Crippen molar-refractivity contribution in [3.05, 3.63) is 51.5 Å². The summed E-state index contributed by atoms with van der Waals surface area (Å²) >= 11 is 13.7. The van der Waals surface area contributed by atoms with Gasteiger partial charge in [-0.2, -0.15) is 8.75 Å². The molecule has 1 N–H and O–H groups in total. The summed E-state index contributed by atoms with van der Waals surface area (Å²) in [7, 11) is 0. The number of hydrogen-bond acceptors (Lipinski definition) is 4. The summed E-state index contributed by atoms with van der Waals surface area (Å²) in [6.07, 6.45) is 1.99. The number of fused-ring (bicyclic) bond motifs is 2. The molecule has 1 aromatic heterocycles. The number of rotatable bonds is 2. The van der Waals surface area contributed by atoms with Gasteiger partial charge in [-0.1, -0.05) is 47.5 Å². The average molecular weight is 336 g/mol. The fourth-order valence-corrected chi connectivity index (χ4v) is 4.04. The van der Waals surface area contributed by atoms with Crippen LogP contribution in [-0.2, 0) is 12.8 Å². The molecule has 0 fully saturated rings. The minimum absolute atomic E-state index is 0.325. The number of hydrogen-bond donors (Lipinski definition) is 1. The van der Waals surface area contributed by atoms with Gasteiger partial charge in [0.25, 0.3) is 0 Å². The van der Waals surface area contributed by atoms with Crippen LogP contribution in [0.3, 0.4) is 0 Å². The van der Waals surface area contributed by atoms with E-state index in [4.69, 9.17) is 23.2 Å². The first-order valence-corrected chi connectivity index (χ1v) is 8.14. The van der Waals surface area contributed by atoms with E-state index < -0.39 is 0 Å². The Hall–Kier alpha value is -1.36. The van der Waals surface area contributed by atoms with Crippen molar-refractivity contribution < 1.29 is 0 Å². The monoisotopic (exact) mass is 335 g/mol. The Balaban J connectivity index is 1.69. The van der Waals surface area contributed by atoms with Gasteiger partial charge in [0.05, 0.1) is 27.5 Å². The molecule has 0 spiro atoms. The number of halogens is 2. The van der Waals surface area contributed by atoms with Crippen molar-refractivity contribution in [1.29, 1.82) is 0 Å². The van der Waals surface area contributed by atoms with Crippen molar-refractivity contribution in [2.75, 3.05) is 5.32 Å². The smallest absolute Gasteiger partial charge is 0.130 e. The number of nitrogens with one attached hydrogen (secondary N) is 1. The molecule has 0 saturated heterocycles. The maximum Gasteiger partial charge on any atom is 0.130 e. The van der Waals surface area contributed by atoms with E-state index in [-0.39, 0.29) is 0 Å².